The monoisotopic (exact) mass is 225 g/mol. The van der Waals surface area contributed by atoms with Crippen LogP contribution in [0.25, 0.3) is 0 Å². The largest absolute Gasteiger partial charge is 0.309 e. The lowest BCUT2D eigenvalue weighted by atomic mass is 9.88. The summed E-state index contributed by atoms with van der Waals surface area (Å²) in [6, 6.07) is 8.20. The highest BCUT2D eigenvalue weighted by atomic mass is 35.5. The van der Waals surface area contributed by atoms with E-state index in [2.05, 4.69) is 45.0 Å². The molecular weight excluding hydrogens is 206 g/mol. The normalized spacial score (nSPS) is 13.5. The zero-order valence-corrected chi connectivity index (χ0v) is 10.8. The average molecular weight is 226 g/mol. The number of halogens is 1. The topological polar surface area (TPSA) is 3.24 Å². The van der Waals surface area contributed by atoms with Gasteiger partial charge in [-0.05, 0) is 43.6 Å². The summed E-state index contributed by atoms with van der Waals surface area (Å²) in [5.41, 5.74) is 1.34. The summed E-state index contributed by atoms with van der Waals surface area (Å²) >= 11 is 6.02. The van der Waals surface area contributed by atoms with Crippen LogP contribution in [0.4, 0.5) is 0 Å². The maximum absolute atomic E-state index is 6.02. The Bertz CT molecular complexity index is 307. The van der Waals surface area contributed by atoms with Gasteiger partial charge in [-0.25, -0.2) is 0 Å². The van der Waals surface area contributed by atoms with Gasteiger partial charge < -0.3 is 4.90 Å². The minimum absolute atomic E-state index is 0.554. The zero-order valence-electron chi connectivity index (χ0n) is 10.00. The molecule has 0 saturated heterocycles. The Morgan fingerprint density at radius 2 is 1.93 bits per heavy atom. The van der Waals surface area contributed by atoms with Gasteiger partial charge in [0.2, 0.25) is 0 Å². The highest BCUT2D eigenvalue weighted by Gasteiger charge is 2.16. The van der Waals surface area contributed by atoms with Crippen molar-refractivity contribution in [2.75, 3.05) is 20.6 Å². The Balaban J connectivity index is 2.88. The van der Waals surface area contributed by atoms with Gasteiger partial charge in [-0.1, -0.05) is 37.6 Å². The Morgan fingerprint density at radius 1 is 1.27 bits per heavy atom. The number of hydrogen-bond acceptors (Lipinski definition) is 1. The van der Waals surface area contributed by atoms with Crippen molar-refractivity contribution in [2.45, 2.75) is 19.8 Å². The number of rotatable bonds is 4. The minimum atomic E-state index is 0.554. The second kappa shape index (κ2) is 5.53. The first-order valence-corrected chi connectivity index (χ1v) is 5.78. The number of nitrogens with zero attached hydrogens (tertiary/aromatic N) is 1. The molecule has 0 aromatic heterocycles. The predicted octanol–water partition coefficient (Wildman–Crippen LogP) is 3.64. The van der Waals surface area contributed by atoms with Crippen LogP contribution in [0.15, 0.2) is 24.3 Å². The van der Waals surface area contributed by atoms with Crippen molar-refractivity contribution in [3.05, 3.63) is 34.9 Å². The van der Waals surface area contributed by atoms with E-state index < -0.39 is 0 Å². The Hall–Kier alpha value is -0.530. The van der Waals surface area contributed by atoms with E-state index in [1.165, 1.54) is 5.56 Å². The van der Waals surface area contributed by atoms with Crippen LogP contribution in [0.1, 0.15) is 25.3 Å². The van der Waals surface area contributed by atoms with Gasteiger partial charge in [-0.2, -0.15) is 0 Å². The van der Waals surface area contributed by atoms with Crippen LogP contribution in [-0.2, 0) is 0 Å². The molecule has 15 heavy (non-hydrogen) atoms. The van der Waals surface area contributed by atoms with Crippen LogP contribution in [0.2, 0.25) is 5.02 Å². The van der Waals surface area contributed by atoms with Crippen molar-refractivity contribution in [2.24, 2.45) is 5.92 Å². The lowest BCUT2D eigenvalue weighted by Gasteiger charge is -2.25. The number of likely N-dealkylation sites (N-methyl/N-ethyl adjacent to an activating group) is 1. The molecule has 1 unspecified atom stereocenters. The minimum Gasteiger partial charge on any atom is -0.309 e. The second-order valence-electron chi connectivity index (χ2n) is 4.67. The summed E-state index contributed by atoms with van der Waals surface area (Å²) in [5.74, 6) is 1.18. The summed E-state index contributed by atoms with van der Waals surface area (Å²) in [7, 11) is 4.22. The molecule has 1 nitrogen and oxygen atoms in total. The van der Waals surface area contributed by atoms with Gasteiger partial charge in [-0.15, -0.1) is 0 Å². The van der Waals surface area contributed by atoms with E-state index in [1.54, 1.807) is 0 Å². The van der Waals surface area contributed by atoms with Crippen molar-refractivity contribution in [1.82, 2.24) is 4.90 Å². The van der Waals surface area contributed by atoms with Gasteiger partial charge in [0, 0.05) is 11.6 Å². The molecule has 0 amide bonds. The molecule has 0 bridgehead atoms. The van der Waals surface area contributed by atoms with Crippen LogP contribution in [0, 0.1) is 5.92 Å². The lowest BCUT2D eigenvalue weighted by Crippen LogP contribution is -2.23. The molecule has 0 aliphatic heterocycles. The van der Waals surface area contributed by atoms with E-state index in [4.69, 9.17) is 11.6 Å². The van der Waals surface area contributed by atoms with Crippen molar-refractivity contribution in [3.63, 3.8) is 0 Å². The first-order chi connectivity index (χ1) is 7.00. The quantitative estimate of drug-likeness (QED) is 0.756. The molecule has 84 valence electrons. The van der Waals surface area contributed by atoms with Gasteiger partial charge in [0.25, 0.3) is 0 Å². The standard InChI is InChI=1S/C13H20ClN/c1-10(2)13(9-15(3)4)11-6-5-7-12(14)8-11/h5-8,10,13H,9H2,1-4H3. The molecule has 2 heteroatoms. The highest BCUT2D eigenvalue weighted by molar-refractivity contribution is 6.30. The summed E-state index contributed by atoms with van der Waals surface area (Å²) in [5, 5.41) is 0.830. The van der Waals surface area contributed by atoms with Crippen LogP contribution < -0.4 is 0 Å². The molecule has 0 fully saturated rings. The fraction of sp³-hybridized carbons (Fsp3) is 0.538. The molecule has 1 aromatic carbocycles. The van der Waals surface area contributed by atoms with Crippen molar-refractivity contribution < 1.29 is 0 Å². The van der Waals surface area contributed by atoms with Crippen molar-refractivity contribution in [3.8, 4) is 0 Å². The molecule has 1 aromatic rings. The number of hydrogen-bond donors (Lipinski definition) is 0. The van der Waals surface area contributed by atoms with E-state index in [0.29, 0.717) is 11.8 Å². The summed E-state index contributed by atoms with van der Waals surface area (Å²) in [6.45, 7) is 5.59. The van der Waals surface area contributed by atoms with E-state index in [9.17, 15) is 0 Å². The van der Waals surface area contributed by atoms with Crippen molar-refractivity contribution in [1.29, 1.82) is 0 Å². The van der Waals surface area contributed by atoms with E-state index in [-0.39, 0.29) is 0 Å². The van der Waals surface area contributed by atoms with Gasteiger partial charge in [0.05, 0.1) is 0 Å². The van der Waals surface area contributed by atoms with Gasteiger partial charge >= 0.3 is 0 Å². The molecule has 0 aliphatic carbocycles. The SMILES string of the molecule is CC(C)C(CN(C)C)c1cccc(Cl)c1. The highest BCUT2D eigenvalue weighted by Crippen LogP contribution is 2.26. The van der Waals surface area contributed by atoms with Crippen LogP contribution in [0.3, 0.4) is 0 Å². The van der Waals surface area contributed by atoms with E-state index in [0.717, 1.165) is 11.6 Å². The van der Waals surface area contributed by atoms with Gasteiger partial charge in [0.1, 0.15) is 0 Å². The van der Waals surface area contributed by atoms with Gasteiger partial charge in [-0.3, -0.25) is 0 Å². The summed E-state index contributed by atoms with van der Waals surface area (Å²) in [4.78, 5) is 2.23. The molecular formula is C13H20ClN. The van der Waals surface area contributed by atoms with Gasteiger partial charge in [0.15, 0.2) is 0 Å². The second-order valence-corrected chi connectivity index (χ2v) is 5.10. The molecule has 1 rings (SSSR count). The van der Waals surface area contributed by atoms with E-state index in [1.807, 2.05) is 12.1 Å². The summed E-state index contributed by atoms with van der Waals surface area (Å²) < 4.78 is 0. The average Bonchev–Trinajstić information content (AvgIpc) is 2.13. The smallest absolute Gasteiger partial charge is 0.0408 e. The van der Waals surface area contributed by atoms with Crippen molar-refractivity contribution >= 4 is 11.6 Å². The van der Waals surface area contributed by atoms with Crippen LogP contribution in [0.5, 0.6) is 0 Å². The molecule has 0 heterocycles. The maximum atomic E-state index is 6.02. The molecule has 0 spiro atoms. The Morgan fingerprint density at radius 3 is 2.40 bits per heavy atom. The first-order valence-electron chi connectivity index (χ1n) is 5.41. The summed E-state index contributed by atoms with van der Waals surface area (Å²) in [6.07, 6.45) is 0. The zero-order chi connectivity index (χ0) is 11.4. The Kier molecular flexibility index (Phi) is 4.62. The fourth-order valence-corrected chi connectivity index (χ4v) is 2.03. The maximum Gasteiger partial charge on any atom is 0.0408 e. The molecule has 0 saturated carbocycles. The third-order valence-corrected chi connectivity index (χ3v) is 2.88. The van der Waals surface area contributed by atoms with Crippen LogP contribution >= 0.6 is 11.6 Å². The van der Waals surface area contributed by atoms with Crippen LogP contribution in [-0.4, -0.2) is 25.5 Å². The number of benzene rings is 1. The Labute approximate surface area is 98.0 Å². The molecule has 0 aliphatic rings. The lowest BCUT2D eigenvalue weighted by molar-refractivity contribution is 0.330. The molecule has 0 radical (unpaired) electrons. The predicted molar refractivity (Wildman–Crippen MR) is 67.6 cm³/mol. The third-order valence-electron chi connectivity index (χ3n) is 2.64. The third kappa shape index (κ3) is 3.84. The molecule has 1 atom stereocenters. The fourth-order valence-electron chi connectivity index (χ4n) is 1.83. The van der Waals surface area contributed by atoms with E-state index >= 15 is 0 Å². The molecule has 0 N–H and O–H groups in total. The first kappa shape index (κ1) is 12.5.